The van der Waals surface area contributed by atoms with Crippen LogP contribution in [0.25, 0.3) is 5.65 Å². The first kappa shape index (κ1) is 13.1. The fourth-order valence-electron chi connectivity index (χ4n) is 2.23. The van der Waals surface area contributed by atoms with E-state index in [2.05, 4.69) is 34.3 Å². The van der Waals surface area contributed by atoms with E-state index in [1.807, 2.05) is 24.4 Å². The van der Waals surface area contributed by atoms with Crippen molar-refractivity contribution in [2.75, 3.05) is 19.6 Å². The van der Waals surface area contributed by atoms with Crippen molar-refractivity contribution < 1.29 is 0 Å². The van der Waals surface area contributed by atoms with E-state index in [0.717, 1.165) is 31.0 Å². The number of nitrogens with zero attached hydrogens (tertiary/aromatic N) is 3. The van der Waals surface area contributed by atoms with Gasteiger partial charge in [-0.3, -0.25) is 4.90 Å². The summed E-state index contributed by atoms with van der Waals surface area (Å²) in [6.45, 7) is 8.01. The summed E-state index contributed by atoms with van der Waals surface area (Å²) in [5.41, 5.74) is 7.78. The van der Waals surface area contributed by atoms with Crippen molar-refractivity contribution in [1.82, 2.24) is 14.3 Å². The zero-order valence-corrected chi connectivity index (χ0v) is 11.2. The molecule has 18 heavy (non-hydrogen) atoms. The predicted octanol–water partition coefficient (Wildman–Crippen LogP) is 1.75. The van der Waals surface area contributed by atoms with Crippen molar-refractivity contribution >= 4 is 5.65 Å². The average Bonchev–Trinajstić information content (AvgIpc) is 2.70. The molecule has 4 nitrogen and oxygen atoms in total. The number of hydrogen-bond acceptors (Lipinski definition) is 3. The molecule has 0 bridgehead atoms. The van der Waals surface area contributed by atoms with Crippen molar-refractivity contribution in [1.29, 1.82) is 0 Å². The molecule has 0 fully saturated rings. The Kier molecular flexibility index (Phi) is 4.33. The normalized spacial score (nSPS) is 11.8. The second kappa shape index (κ2) is 5.98. The molecule has 0 aliphatic rings. The molecule has 0 saturated carbocycles. The Morgan fingerprint density at radius 3 is 2.89 bits per heavy atom. The molecule has 0 atom stereocenters. The van der Waals surface area contributed by atoms with E-state index in [9.17, 15) is 0 Å². The minimum atomic E-state index is 0.647. The fraction of sp³-hybridized carbons (Fsp3) is 0.500. The summed E-state index contributed by atoms with van der Waals surface area (Å²) in [6.07, 6.45) is 4.13. The molecule has 0 radical (unpaired) electrons. The maximum atomic E-state index is 5.67. The molecule has 0 aliphatic heterocycles. The maximum Gasteiger partial charge on any atom is 0.137 e. The van der Waals surface area contributed by atoms with Gasteiger partial charge in [0.15, 0.2) is 0 Å². The van der Waals surface area contributed by atoms with Crippen LogP contribution in [0.3, 0.4) is 0 Å². The number of aromatic nitrogens is 2. The van der Waals surface area contributed by atoms with Crippen molar-refractivity contribution in [3.8, 4) is 0 Å². The van der Waals surface area contributed by atoms with Crippen molar-refractivity contribution in [3.63, 3.8) is 0 Å². The van der Waals surface area contributed by atoms with Gasteiger partial charge in [-0.2, -0.15) is 0 Å². The molecule has 2 rings (SSSR count). The van der Waals surface area contributed by atoms with Crippen molar-refractivity contribution in [3.05, 3.63) is 36.3 Å². The average molecular weight is 246 g/mol. The van der Waals surface area contributed by atoms with Crippen LogP contribution in [-0.2, 0) is 6.54 Å². The van der Waals surface area contributed by atoms with E-state index < -0.39 is 0 Å². The lowest BCUT2D eigenvalue weighted by molar-refractivity contribution is 0.240. The zero-order valence-electron chi connectivity index (χ0n) is 11.2. The molecular formula is C14H22N4. The van der Waals surface area contributed by atoms with Crippen molar-refractivity contribution in [2.45, 2.75) is 20.4 Å². The summed E-state index contributed by atoms with van der Waals surface area (Å²) >= 11 is 0. The maximum absolute atomic E-state index is 5.67. The Labute approximate surface area is 108 Å². The Hall–Kier alpha value is -1.39. The van der Waals surface area contributed by atoms with Crippen LogP contribution in [-0.4, -0.2) is 33.9 Å². The number of pyridine rings is 1. The second-order valence-corrected chi connectivity index (χ2v) is 5.12. The number of hydrogen-bond donors (Lipinski definition) is 1. The Bertz CT molecular complexity index is 456. The van der Waals surface area contributed by atoms with Gasteiger partial charge in [-0.1, -0.05) is 19.9 Å². The molecule has 0 unspecified atom stereocenters. The molecule has 2 N–H and O–H groups in total. The first-order chi connectivity index (χ1) is 8.69. The van der Waals surface area contributed by atoms with E-state index in [1.165, 1.54) is 0 Å². The van der Waals surface area contributed by atoms with Gasteiger partial charge in [0.25, 0.3) is 0 Å². The van der Waals surface area contributed by atoms with Gasteiger partial charge in [-0.25, -0.2) is 4.98 Å². The fourth-order valence-corrected chi connectivity index (χ4v) is 2.23. The number of rotatable bonds is 6. The summed E-state index contributed by atoms with van der Waals surface area (Å²) in [6, 6.07) is 6.06. The van der Waals surface area contributed by atoms with Crippen LogP contribution in [0.1, 0.15) is 19.5 Å². The first-order valence-electron chi connectivity index (χ1n) is 6.54. The van der Waals surface area contributed by atoms with E-state index >= 15 is 0 Å². The molecular weight excluding hydrogens is 224 g/mol. The van der Waals surface area contributed by atoms with Gasteiger partial charge in [-0.15, -0.1) is 0 Å². The highest BCUT2D eigenvalue weighted by Crippen LogP contribution is 2.08. The summed E-state index contributed by atoms with van der Waals surface area (Å²) in [5, 5.41) is 0. The third kappa shape index (κ3) is 3.31. The Morgan fingerprint density at radius 2 is 2.22 bits per heavy atom. The standard InChI is InChI=1S/C14H22N4/c1-12(2)9-17(8-6-15)10-13-11-18-7-4-3-5-14(18)16-13/h3-5,7,11-12H,6,8-10,15H2,1-2H3. The lowest BCUT2D eigenvalue weighted by atomic mass is 10.2. The van der Waals surface area contributed by atoms with Gasteiger partial charge in [-0.05, 0) is 18.1 Å². The largest absolute Gasteiger partial charge is 0.329 e. The summed E-state index contributed by atoms with van der Waals surface area (Å²) in [7, 11) is 0. The summed E-state index contributed by atoms with van der Waals surface area (Å²) < 4.78 is 2.06. The minimum absolute atomic E-state index is 0.647. The van der Waals surface area contributed by atoms with Crippen LogP contribution in [0.5, 0.6) is 0 Å². The third-order valence-electron chi connectivity index (χ3n) is 2.87. The molecule has 0 aliphatic carbocycles. The molecule has 2 aromatic rings. The van der Waals surface area contributed by atoms with Crippen LogP contribution >= 0.6 is 0 Å². The third-order valence-corrected chi connectivity index (χ3v) is 2.87. The van der Waals surface area contributed by atoms with E-state index in [0.29, 0.717) is 12.5 Å². The zero-order chi connectivity index (χ0) is 13.0. The van der Waals surface area contributed by atoms with Gasteiger partial charge in [0.1, 0.15) is 5.65 Å². The van der Waals surface area contributed by atoms with Gasteiger partial charge in [0.2, 0.25) is 0 Å². The highest BCUT2D eigenvalue weighted by atomic mass is 15.1. The Balaban J connectivity index is 2.09. The molecule has 2 aromatic heterocycles. The SMILES string of the molecule is CC(C)CN(CCN)Cc1cn2ccccc2n1. The quantitative estimate of drug-likeness (QED) is 0.844. The molecule has 2 heterocycles. The molecule has 98 valence electrons. The topological polar surface area (TPSA) is 46.6 Å². The van der Waals surface area contributed by atoms with Crippen LogP contribution in [0.15, 0.2) is 30.6 Å². The molecule has 4 heteroatoms. The number of imidazole rings is 1. The smallest absolute Gasteiger partial charge is 0.137 e. The number of nitrogens with two attached hydrogens (primary N) is 1. The van der Waals surface area contributed by atoms with E-state index in [-0.39, 0.29) is 0 Å². The van der Waals surface area contributed by atoms with E-state index in [1.54, 1.807) is 0 Å². The minimum Gasteiger partial charge on any atom is -0.329 e. The van der Waals surface area contributed by atoms with Crippen LogP contribution in [0.2, 0.25) is 0 Å². The van der Waals surface area contributed by atoms with Gasteiger partial charge in [0, 0.05) is 38.6 Å². The monoisotopic (exact) mass is 246 g/mol. The highest BCUT2D eigenvalue weighted by Gasteiger charge is 2.09. The Morgan fingerprint density at radius 1 is 1.39 bits per heavy atom. The molecule has 0 spiro atoms. The second-order valence-electron chi connectivity index (χ2n) is 5.12. The van der Waals surface area contributed by atoms with Crippen LogP contribution in [0, 0.1) is 5.92 Å². The van der Waals surface area contributed by atoms with Crippen LogP contribution in [0.4, 0.5) is 0 Å². The van der Waals surface area contributed by atoms with Crippen molar-refractivity contribution in [2.24, 2.45) is 11.7 Å². The lowest BCUT2D eigenvalue weighted by Crippen LogP contribution is -2.32. The molecule has 0 amide bonds. The highest BCUT2D eigenvalue weighted by molar-refractivity contribution is 5.39. The predicted molar refractivity (Wildman–Crippen MR) is 74.4 cm³/mol. The van der Waals surface area contributed by atoms with E-state index in [4.69, 9.17) is 5.73 Å². The van der Waals surface area contributed by atoms with Crippen LogP contribution < -0.4 is 5.73 Å². The van der Waals surface area contributed by atoms with Gasteiger partial charge >= 0.3 is 0 Å². The van der Waals surface area contributed by atoms with Gasteiger partial charge < -0.3 is 10.1 Å². The lowest BCUT2D eigenvalue weighted by Gasteiger charge is -2.22. The number of fused-ring (bicyclic) bond motifs is 1. The first-order valence-corrected chi connectivity index (χ1v) is 6.54. The molecule has 0 aromatic carbocycles. The molecule has 0 saturated heterocycles. The van der Waals surface area contributed by atoms with Gasteiger partial charge in [0.05, 0.1) is 5.69 Å². The summed E-state index contributed by atoms with van der Waals surface area (Å²) in [5.74, 6) is 0.647. The summed E-state index contributed by atoms with van der Waals surface area (Å²) in [4.78, 5) is 6.99.